The summed E-state index contributed by atoms with van der Waals surface area (Å²) in [6.45, 7) is 3.14. The Morgan fingerprint density at radius 3 is 2.24 bits per heavy atom. The SMILES string of the molecule is COC(=O)[C@@H]1CCCC[C@]12CCCN(CC(c1ccccc1)c1ccccc1)C2. The predicted octanol–water partition coefficient (Wildman–Crippen LogP) is 5.26. The summed E-state index contributed by atoms with van der Waals surface area (Å²) in [7, 11) is 1.55. The number of hydrogen-bond donors (Lipinski definition) is 0. The highest BCUT2D eigenvalue weighted by atomic mass is 16.5. The van der Waals surface area contributed by atoms with Gasteiger partial charge in [0.1, 0.15) is 0 Å². The molecule has 0 radical (unpaired) electrons. The van der Waals surface area contributed by atoms with Gasteiger partial charge in [0.05, 0.1) is 13.0 Å². The molecule has 2 atom stereocenters. The molecule has 1 spiro atoms. The second-order valence-corrected chi connectivity index (χ2v) is 8.90. The highest BCUT2D eigenvalue weighted by Crippen LogP contribution is 2.48. The van der Waals surface area contributed by atoms with Gasteiger partial charge in [-0.15, -0.1) is 0 Å². The molecule has 4 rings (SSSR count). The summed E-state index contributed by atoms with van der Waals surface area (Å²) in [6.07, 6.45) is 6.86. The number of likely N-dealkylation sites (tertiary alicyclic amines) is 1. The number of carbonyl (C=O) groups is 1. The predicted molar refractivity (Wildman–Crippen MR) is 117 cm³/mol. The molecule has 1 saturated heterocycles. The average molecular weight is 392 g/mol. The second kappa shape index (κ2) is 9.13. The molecule has 2 aromatic rings. The van der Waals surface area contributed by atoms with Crippen LogP contribution < -0.4 is 0 Å². The van der Waals surface area contributed by atoms with E-state index in [4.69, 9.17) is 4.74 Å². The molecule has 3 heteroatoms. The van der Waals surface area contributed by atoms with E-state index in [-0.39, 0.29) is 17.3 Å². The number of hydrogen-bond acceptors (Lipinski definition) is 3. The first-order chi connectivity index (χ1) is 14.2. The van der Waals surface area contributed by atoms with Gasteiger partial charge in [0, 0.05) is 19.0 Å². The van der Waals surface area contributed by atoms with E-state index in [9.17, 15) is 4.79 Å². The molecular formula is C26H33NO2. The Bertz CT molecular complexity index is 747. The van der Waals surface area contributed by atoms with Crippen molar-refractivity contribution in [2.24, 2.45) is 11.3 Å². The maximum Gasteiger partial charge on any atom is 0.309 e. The third kappa shape index (κ3) is 4.40. The molecule has 0 aromatic heterocycles. The zero-order valence-electron chi connectivity index (χ0n) is 17.6. The fourth-order valence-corrected chi connectivity index (χ4v) is 5.75. The van der Waals surface area contributed by atoms with Crippen molar-refractivity contribution in [2.75, 3.05) is 26.7 Å². The molecule has 3 nitrogen and oxygen atoms in total. The number of nitrogens with zero attached hydrogens (tertiary/aromatic N) is 1. The number of methoxy groups -OCH3 is 1. The molecule has 154 valence electrons. The summed E-state index contributed by atoms with van der Waals surface area (Å²) in [4.78, 5) is 15.2. The van der Waals surface area contributed by atoms with Crippen molar-refractivity contribution in [3.63, 3.8) is 0 Å². The molecule has 1 aliphatic heterocycles. The van der Waals surface area contributed by atoms with Gasteiger partial charge < -0.3 is 9.64 Å². The number of rotatable bonds is 5. The average Bonchev–Trinajstić information content (AvgIpc) is 2.78. The maximum absolute atomic E-state index is 12.6. The fraction of sp³-hybridized carbons (Fsp3) is 0.500. The van der Waals surface area contributed by atoms with Crippen molar-refractivity contribution in [2.45, 2.75) is 44.4 Å². The van der Waals surface area contributed by atoms with Gasteiger partial charge in [0.2, 0.25) is 0 Å². The molecule has 1 saturated carbocycles. The summed E-state index contributed by atoms with van der Waals surface area (Å²) in [5.41, 5.74) is 2.83. The molecule has 2 fully saturated rings. The van der Waals surface area contributed by atoms with Crippen molar-refractivity contribution in [1.29, 1.82) is 0 Å². The maximum atomic E-state index is 12.6. The molecule has 2 aliphatic rings. The third-order valence-electron chi connectivity index (χ3n) is 7.17. The van der Waals surface area contributed by atoms with Gasteiger partial charge in [-0.2, -0.15) is 0 Å². The molecule has 0 N–H and O–H groups in total. The van der Waals surface area contributed by atoms with E-state index in [0.29, 0.717) is 5.92 Å². The third-order valence-corrected chi connectivity index (χ3v) is 7.17. The first-order valence-corrected chi connectivity index (χ1v) is 11.1. The Morgan fingerprint density at radius 2 is 1.62 bits per heavy atom. The molecule has 1 aliphatic carbocycles. The lowest BCUT2D eigenvalue weighted by atomic mass is 9.62. The Morgan fingerprint density at radius 1 is 1.00 bits per heavy atom. The van der Waals surface area contributed by atoms with Crippen LogP contribution in [0, 0.1) is 11.3 Å². The van der Waals surface area contributed by atoms with Crippen molar-refractivity contribution in [3.8, 4) is 0 Å². The van der Waals surface area contributed by atoms with Crippen LogP contribution in [0.15, 0.2) is 60.7 Å². The first-order valence-electron chi connectivity index (χ1n) is 11.1. The normalized spacial score (nSPS) is 25.2. The second-order valence-electron chi connectivity index (χ2n) is 8.90. The van der Waals surface area contributed by atoms with Crippen LogP contribution >= 0.6 is 0 Å². The van der Waals surface area contributed by atoms with Crippen molar-refractivity contribution in [1.82, 2.24) is 4.90 Å². The standard InChI is InChI=1S/C26H33NO2/c1-29-25(28)24-15-8-9-16-26(24)17-10-18-27(20-26)19-23(21-11-4-2-5-12-21)22-13-6-3-7-14-22/h2-7,11-14,23-24H,8-10,15-20H2,1H3/t24-,26+/m0/s1. The first kappa shape index (κ1) is 20.2. The van der Waals surface area contributed by atoms with Crippen molar-refractivity contribution in [3.05, 3.63) is 71.8 Å². The Kier molecular flexibility index (Phi) is 6.34. The van der Waals surface area contributed by atoms with Crippen LogP contribution in [0.2, 0.25) is 0 Å². The molecule has 2 aromatic carbocycles. The zero-order valence-corrected chi connectivity index (χ0v) is 17.6. The summed E-state index contributed by atoms with van der Waals surface area (Å²) < 4.78 is 5.21. The highest BCUT2D eigenvalue weighted by molar-refractivity contribution is 5.73. The summed E-state index contributed by atoms with van der Waals surface area (Å²) in [5.74, 6) is 0.429. The van der Waals surface area contributed by atoms with Crippen LogP contribution in [0.25, 0.3) is 0 Å². The van der Waals surface area contributed by atoms with Gasteiger partial charge in [-0.3, -0.25) is 4.79 Å². The Balaban J connectivity index is 1.57. The van der Waals surface area contributed by atoms with Crippen LogP contribution in [0.4, 0.5) is 0 Å². The molecule has 0 unspecified atom stereocenters. The van der Waals surface area contributed by atoms with E-state index in [1.165, 1.54) is 24.0 Å². The van der Waals surface area contributed by atoms with Gasteiger partial charge in [0.25, 0.3) is 0 Å². The zero-order chi connectivity index (χ0) is 20.1. The van der Waals surface area contributed by atoms with Gasteiger partial charge in [-0.1, -0.05) is 73.5 Å². The summed E-state index contributed by atoms with van der Waals surface area (Å²) in [5, 5.41) is 0. The highest BCUT2D eigenvalue weighted by Gasteiger charge is 2.47. The van der Waals surface area contributed by atoms with Gasteiger partial charge in [-0.25, -0.2) is 0 Å². The minimum absolute atomic E-state index is 0.00854. The Hall–Kier alpha value is -2.13. The quantitative estimate of drug-likeness (QED) is 0.651. The van der Waals surface area contributed by atoms with E-state index in [2.05, 4.69) is 65.6 Å². The van der Waals surface area contributed by atoms with Crippen molar-refractivity contribution < 1.29 is 9.53 Å². The lowest BCUT2D eigenvalue weighted by molar-refractivity contribution is -0.155. The number of ether oxygens (including phenoxy) is 1. The van der Waals surface area contributed by atoms with Crippen LogP contribution in [0.1, 0.15) is 55.6 Å². The van der Waals surface area contributed by atoms with E-state index >= 15 is 0 Å². The minimum atomic E-state index is 0.00854. The van der Waals surface area contributed by atoms with Crippen LogP contribution in [-0.2, 0) is 9.53 Å². The van der Waals surface area contributed by atoms with Crippen molar-refractivity contribution >= 4 is 5.97 Å². The molecular weight excluding hydrogens is 358 g/mol. The topological polar surface area (TPSA) is 29.5 Å². The lowest BCUT2D eigenvalue weighted by Crippen LogP contribution is -2.51. The summed E-state index contributed by atoms with van der Waals surface area (Å²) >= 11 is 0. The summed E-state index contributed by atoms with van der Waals surface area (Å²) in [6, 6.07) is 21.7. The number of esters is 1. The van der Waals surface area contributed by atoms with Crippen LogP contribution in [0.5, 0.6) is 0 Å². The molecule has 0 amide bonds. The molecule has 1 heterocycles. The van der Waals surface area contributed by atoms with Gasteiger partial charge in [0.15, 0.2) is 0 Å². The number of benzene rings is 2. The van der Waals surface area contributed by atoms with E-state index in [1.807, 2.05) is 0 Å². The monoisotopic (exact) mass is 391 g/mol. The van der Waals surface area contributed by atoms with Crippen LogP contribution in [-0.4, -0.2) is 37.6 Å². The smallest absolute Gasteiger partial charge is 0.309 e. The van der Waals surface area contributed by atoms with E-state index in [0.717, 1.165) is 45.3 Å². The van der Waals surface area contributed by atoms with E-state index in [1.54, 1.807) is 7.11 Å². The largest absolute Gasteiger partial charge is 0.469 e. The molecule has 0 bridgehead atoms. The number of piperidine rings is 1. The molecule has 29 heavy (non-hydrogen) atoms. The van der Waals surface area contributed by atoms with E-state index < -0.39 is 0 Å². The Labute approximate surface area is 175 Å². The van der Waals surface area contributed by atoms with Crippen LogP contribution in [0.3, 0.4) is 0 Å². The minimum Gasteiger partial charge on any atom is -0.469 e. The fourth-order valence-electron chi connectivity index (χ4n) is 5.75. The lowest BCUT2D eigenvalue weighted by Gasteiger charge is -2.49. The number of carbonyl (C=O) groups excluding carboxylic acids is 1. The van der Waals surface area contributed by atoms with Gasteiger partial charge in [-0.05, 0) is 48.8 Å². The van der Waals surface area contributed by atoms with Gasteiger partial charge >= 0.3 is 5.97 Å².